The van der Waals surface area contributed by atoms with Crippen molar-refractivity contribution < 1.29 is 9.53 Å². The Labute approximate surface area is 89.7 Å². The van der Waals surface area contributed by atoms with E-state index in [0.717, 1.165) is 4.70 Å². The maximum atomic E-state index is 11.7. The van der Waals surface area contributed by atoms with E-state index in [2.05, 4.69) is 4.74 Å². The molecule has 2 rings (SSSR count). The molecule has 0 atom stereocenters. The predicted molar refractivity (Wildman–Crippen MR) is 58.4 cm³/mol. The second-order valence-corrected chi connectivity index (χ2v) is 4.20. The van der Waals surface area contributed by atoms with Gasteiger partial charge in [-0.25, -0.2) is 4.79 Å². The number of pyridine rings is 1. The van der Waals surface area contributed by atoms with E-state index in [-0.39, 0.29) is 5.56 Å². The molecule has 2 aromatic rings. The SMILES string of the molecule is COC(=O)c1cc2c(=O)n(C)ccc2s1. The Balaban J connectivity index is 2.71. The van der Waals surface area contributed by atoms with E-state index in [1.807, 2.05) is 6.07 Å². The first-order chi connectivity index (χ1) is 7.13. The summed E-state index contributed by atoms with van der Waals surface area (Å²) < 4.78 is 6.88. The summed E-state index contributed by atoms with van der Waals surface area (Å²) in [5.41, 5.74) is -0.0982. The molecule has 4 nitrogen and oxygen atoms in total. The van der Waals surface area contributed by atoms with Gasteiger partial charge in [-0.1, -0.05) is 0 Å². The molecule has 0 aromatic carbocycles. The van der Waals surface area contributed by atoms with Crippen molar-refractivity contribution in [3.05, 3.63) is 33.6 Å². The van der Waals surface area contributed by atoms with Crippen LogP contribution in [0, 0.1) is 0 Å². The molecule has 0 aliphatic rings. The molecule has 0 radical (unpaired) electrons. The van der Waals surface area contributed by atoms with Crippen LogP contribution in [-0.4, -0.2) is 17.6 Å². The zero-order valence-electron chi connectivity index (χ0n) is 8.31. The van der Waals surface area contributed by atoms with Crippen molar-refractivity contribution in [2.75, 3.05) is 7.11 Å². The second kappa shape index (κ2) is 3.51. The fourth-order valence-corrected chi connectivity index (χ4v) is 2.30. The molecule has 78 valence electrons. The first kappa shape index (κ1) is 9.92. The van der Waals surface area contributed by atoms with Crippen molar-refractivity contribution in [1.82, 2.24) is 4.57 Å². The minimum atomic E-state index is -0.404. The quantitative estimate of drug-likeness (QED) is 0.686. The minimum absolute atomic E-state index is 0.0982. The number of carbonyl (C=O) groups is 1. The third-order valence-electron chi connectivity index (χ3n) is 2.15. The molecule has 0 N–H and O–H groups in total. The molecule has 0 amide bonds. The number of hydrogen-bond donors (Lipinski definition) is 0. The van der Waals surface area contributed by atoms with Crippen molar-refractivity contribution in [3.63, 3.8) is 0 Å². The average molecular weight is 223 g/mol. The standard InChI is InChI=1S/C10H9NO3S/c1-11-4-3-7-6(9(11)12)5-8(15-7)10(13)14-2/h3-5H,1-2H3. The summed E-state index contributed by atoms with van der Waals surface area (Å²) in [5.74, 6) is -0.404. The van der Waals surface area contributed by atoms with Crippen LogP contribution in [0.5, 0.6) is 0 Å². The second-order valence-electron chi connectivity index (χ2n) is 3.11. The van der Waals surface area contributed by atoms with Crippen molar-refractivity contribution in [3.8, 4) is 0 Å². The number of thiophene rings is 1. The van der Waals surface area contributed by atoms with Crippen LogP contribution in [0.25, 0.3) is 10.1 Å². The fourth-order valence-electron chi connectivity index (χ4n) is 1.33. The highest BCUT2D eigenvalue weighted by Gasteiger charge is 2.12. The third kappa shape index (κ3) is 1.55. The molecule has 2 aromatic heterocycles. The first-order valence-corrected chi connectivity index (χ1v) is 5.12. The van der Waals surface area contributed by atoms with Gasteiger partial charge in [0.2, 0.25) is 0 Å². The lowest BCUT2D eigenvalue weighted by Crippen LogP contribution is -2.14. The normalized spacial score (nSPS) is 10.5. The van der Waals surface area contributed by atoms with Crippen LogP contribution in [0.4, 0.5) is 0 Å². The number of aryl methyl sites for hydroxylation is 1. The van der Waals surface area contributed by atoms with Crippen LogP contribution in [0.2, 0.25) is 0 Å². The Morgan fingerprint density at radius 2 is 2.27 bits per heavy atom. The van der Waals surface area contributed by atoms with Gasteiger partial charge >= 0.3 is 5.97 Å². The molecule has 0 fully saturated rings. The highest BCUT2D eigenvalue weighted by atomic mass is 32.1. The fraction of sp³-hybridized carbons (Fsp3) is 0.200. The number of hydrogen-bond acceptors (Lipinski definition) is 4. The molecular formula is C10H9NO3S. The Kier molecular flexibility index (Phi) is 2.32. The zero-order chi connectivity index (χ0) is 11.0. The summed E-state index contributed by atoms with van der Waals surface area (Å²) >= 11 is 1.26. The van der Waals surface area contributed by atoms with Crippen LogP contribution >= 0.6 is 11.3 Å². The van der Waals surface area contributed by atoms with Crippen LogP contribution < -0.4 is 5.56 Å². The number of esters is 1. The largest absolute Gasteiger partial charge is 0.465 e. The maximum Gasteiger partial charge on any atom is 0.348 e. The summed E-state index contributed by atoms with van der Waals surface area (Å²) in [6.45, 7) is 0. The first-order valence-electron chi connectivity index (χ1n) is 4.31. The van der Waals surface area contributed by atoms with Crippen LogP contribution in [0.15, 0.2) is 23.1 Å². The number of ether oxygens (including phenoxy) is 1. The summed E-state index contributed by atoms with van der Waals surface area (Å²) in [6, 6.07) is 3.39. The van der Waals surface area contributed by atoms with Crippen LogP contribution in [-0.2, 0) is 11.8 Å². The molecule has 15 heavy (non-hydrogen) atoms. The molecule has 0 aliphatic carbocycles. The molecule has 0 bridgehead atoms. The van der Waals surface area contributed by atoms with Gasteiger partial charge in [0.05, 0.1) is 12.5 Å². The molecule has 2 heterocycles. The summed E-state index contributed by atoms with van der Waals surface area (Å²) in [5, 5.41) is 0.561. The average Bonchev–Trinajstić information content (AvgIpc) is 2.67. The smallest absolute Gasteiger partial charge is 0.348 e. The lowest BCUT2D eigenvalue weighted by Gasteiger charge is -1.93. The van der Waals surface area contributed by atoms with Gasteiger partial charge in [0.1, 0.15) is 4.88 Å². The van der Waals surface area contributed by atoms with Gasteiger partial charge in [0.15, 0.2) is 0 Å². The molecule has 0 spiro atoms. The number of rotatable bonds is 1. The number of carbonyl (C=O) groups excluding carboxylic acids is 1. The van der Waals surface area contributed by atoms with Crippen molar-refractivity contribution >= 4 is 27.4 Å². The third-order valence-corrected chi connectivity index (χ3v) is 3.23. The van der Waals surface area contributed by atoms with E-state index in [0.29, 0.717) is 10.3 Å². The van der Waals surface area contributed by atoms with E-state index in [1.165, 1.54) is 23.0 Å². The Morgan fingerprint density at radius 1 is 1.53 bits per heavy atom. The van der Waals surface area contributed by atoms with Gasteiger partial charge in [0, 0.05) is 17.9 Å². The number of aromatic nitrogens is 1. The Bertz CT molecular complexity index is 582. The van der Waals surface area contributed by atoms with E-state index in [9.17, 15) is 9.59 Å². The lowest BCUT2D eigenvalue weighted by atomic mass is 10.3. The minimum Gasteiger partial charge on any atom is -0.465 e. The monoisotopic (exact) mass is 223 g/mol. The van der Waals surface area contributed by atoms with Gasteiger partial charge in [-0.3, -0.25) is 4.79 Å². The number of nitrogens with zero attached hydrogens (tertiary/aromatic N) is 1. The summed E-state index contributed by atoms with van der Waals surface area (Å²) in [7, 11) is 3.00. The number of fused-ring (bicyclic) bond motifs is 1. The van der Waals surface area contributed by atoms with E-state index < -0.39 is 5.97 Å². The Morgan fingerprint density at radius 3 is 2.93 bits per heavy atom. The Hall–Kier alpha value is -1.62. The van der Waals surface area contributed by atoms with Gasteiger partial charge in [-0.2, -0.15) is 0 Å². The van der Waals surface area contributed by atoms with Crippen molar-refractivity contribution in [2.24, 2.45) is 7.05 Å². The zero-order valence-corrected chi connectivity index (χ0v) is 9.13. The van der Waals surface area contributed by atoms with Crippen molar-refractivity contribution in [1.29, 1.82) is 0 Å². The van der Waals surface area contributed by atoms with E-state index >= 15 is 0 Å². The highest BCUT2D eigenvalue weighted by Crippen LogP contribution is 2.23. The van der Waals surface area contributed by atoms with Gasteiger partial charge in [-0.05, 0) is 12.1 Å². The molecule has 0 saturated heterocycles. The van der Waals surface area contributed by atoms with Crippen molar-refractivity contribution in [2.45, 2.75) is 0 Å². The topological polar surface area (TPSA) is 48.3 Å². The van der Waals surface area contributed by atoms with E-state index in [1.54, 1.807) is 19.3 Å². The molecule has 5 heteroatoms. The van der Waals surface area contributed by atoms with Crippen LogP contribution in [0.3, 0.4) is 0 Å². The van der Waals surface area contributed by atoms with Crippen LogP contribution in [0.1, 0.15) is 9.67 Å². The van der Waals surface area contributed by atoms with Gasteiger partial charge in [-0.15, -0.1) is 11.3 Å². The highest BCUT2D eigenvalue weighted by molar-refractivity contribution is 7.20. The van der Waals surface area contributed by atoms with Gasteiger partial charge in [0.25, 0.3) is 5.56 Å². The molecule has 0 unspecified atom stereocenters. The predicted octanol–water partition coefficient (Wildman–Crippen LogP) is 1.39. The van der Waals surface area contributed by atoms with E-state index in [4.69, 9.17) is 0 Å². The molecular weight excluding hydrogens is 214 g/mol. The summed E-state index contributed by atoms with van der Waals surface area (Å²) in [6.07, 6.45) is 1.68. The maximum absolute atomic E-state index is 11.7. The number of methoxy groups -OCH3 is 1. The summed E-state index contributed by atoms with van der Waals surface area (Å²) in [4.78, 5) is 23.4. The lowest BCUT2D eigenvalue weighted by molar-refractivity contribution is 0.0606. The van der Waals surface area contributed by atoms with Gasteiger partial charge < -0.3 is 9.30 Å². The molecule has 0 saturated carbocycles. The molecule has 0 aliphatic heterocycles.